The van der Waals surface area contributed by atoms with E-state index < -0.39 is 5.97 Å². The molecule has 0 N–H and O–H groups in total. The van der Waals surface area contributed by atoms with Gasteiger partial charge in [-0.15, -0.1) is 11.3 Å². The molecule has 5 nitrogen and oxygen atoms in total. The van der Waals surface area contributed by atoms with Crippen molar-refractivity contribution in [2.45, 2.75) is 59.8 Å². The highest BCUT2D eigenvalue weighted by molar-refractivity contribution is 7.17. The molecule has 37 heavy (non-hydrogen) atoms. The van der Waals surface area contributed by atoms with E-state index in [0.29, 0.717) is 16.5 Å². The van der Waals surface area contributed by atoms with Crippen molar-refractivity contribution in [2.75, 3.05) is 11.5 Å². The Morgan fingerprint density at radius 2 is 1.46 bits per heavy atom. The Balaban J connectivity index is 1.79. The highest BCUT2D eigenvalue weighted by Crippen LogP contribution is 2.46. The Bertz CT molecular complexity index is 1200. The van der Waals surface area contributed by atoms with Gasteiger partial charge in [-0.05, 0) is 54.2 Å². The molecular formula is C31H35NO4S. The number of nitrogens with zero attached hydrogens (tertiary/aromatic N) is 1. The first-order valence-corrected chi connectivity index (χ1v) is 13.8. The van der Waals surface area contributed by atoms with E-state index in [1.54, 1.807) is 6.92 Å². The Morgan fingerprint density at radius 3 is 1.95 bits per heavy atom. The van der Waals surface area contributed by atoms with E-state index in [1.807, 2.05) is 60.7 Å². The van der Waals surface area contributed by atoms with Crippen LogP contribution in [-0.2, 0) is 40.0 Å². The van der Waals surface area contributed by atoms with Crippen LogP contribution in [0.1, 0.15) is 66.0 Å². The number of amides is 2. The predicted molar refractivity (Wildman–Crippen MR) is 148 cm³/mol. The monoisotopic (exact) mass is 517 g/mol. The van der Waals surface area contributed by atoms with E-state index in [2.05, 4.69) is 20.8 Å². The molecule has 6 heteroatoms. The van der Waals surface area contributed by atoms with Gasteiger partial charge < -0.3 is 4.74 Å². The average molecular weight is 518 g/mol. The fraction of sp³-hybridized carbons (Fsp3) is 0.387. The number of thiophene rings is 1. The van der Waals surface area contributed by atoms with Gasteiger partial charge in [0.15, 0.2) is 0 Å². The number of hydrogen-bond acceptors (Lipinski definition) is 5. The molecule has 3 aromatic rings. The van der Waals surface area contributed by atoms with Gasteiger partial charge in [0.25, 0.3) is 0 Å². The summed E-state index contributed by atoms with van der Waals surface area (Å²) in [5.74, 6) is -0.698. The molecule has 1 aromatic heterocycles. The van der Waals surface area contributed by atoms with Gasteiger partial charge in [-0.2, -0.15) is 0 Å². The van der Waals surface area contributed by atoms with Gasteiger partial charge in [0.2, 0.25) is 11.8 Å². The van der Waals surface area contributed by atoms with Crippen LogP contribution in [0.15, 0.2) is 60.7 Å². The summed E-state index contributed by atoms with van der Waals surface area (Å²) in [6.45, 7) is 8.71. The highest BCUT2D eigenvalue weighted by Gasteiger charge is 2.38. The molecule has 0 spiro atoms. The molecule has 0 saturated heterocycles. The van der Waals surface area contributed by atoms with Crippen LogP contribution in [-0.4, -0.2) is 24.4 Å². The minimum atomic E-state index is -0.464. The second-order valence-electron chi connectivity index (χ2n) is 10.7. The predicted octanol–water partition coefficient (Wildman–Crippen LogP) is 6.42. The molecular weight excluding hydrogens is 482 g/mol. The summed E-state index contributed by atoms with van der Waals surface area (Å²) in [7, 11) is 0. The van der Waals surface area contributed by atoms with Crippen molar-refractivity contribution in [3.63, 3.8) is 0 Å². The number of benzene rings is 2. The number of carbonyl (C=O) groups is 3. The van der Waals surface area contributed by atoms with Gasteiger partial charge in [0, 0.05) is 4.88 Å². The van der Waals surface area contributed by atoms with Crippen LogP contribution in [0.2, 0.25) is 0 Å². The third-order valence-electron chi connectivity index (χ3n) is 7.05. The second-order valence-corrected chi connectivity index (χ2v) is 11.7. The molecule has 0 fully saturated rings. The number of anilines is 1. The standard InChI is InChI=1S/C31H35NO4S/c1-5-36-30(35)28-24-17-16-23(31(2,3)4)20-25(24)37-29(28)32(26(33)18-21-12-8-6-9-13-21)27(34)19-22-14-10-7-11-15-22/h6-15,23H,5,16-20H2,1-4H3. The normalized spacial score (nSPS) is 15.1. The Morgan fingerprint density at radius 1 is 0.919 bits per heavy atom. The smallest absolute Gasteiger partial charge is 0.341 e. The molecule has 2 aromatic carbocycles. The minimum Gasteiger partial charge on any atom is -0.462 e. The SMILES string of the molecule is CCOC(=O)c1c(N(C(=O)Cc2ccccc2)C(=O)Cc2ccccc2)sc2c1CCC(C(C)(C)C)C2. The molecule has 1 aliphatic rings. The zero-order chi connectivity index (χ0) is 26.6. The van der Waals surface area contributed by atoms with Crippen LogP contribution in [0, 0.1) is 11.3 Å². The van der Waals surface area contributed by atoms with E-state index in [0.717, 1.165) is 40.8 Å². The Kier molecular flexibility index (Phi) is 8.28. The molecule has 1 heterocycles. The third-order valence-corrected chi connectivity index (χ3v) is 8.29. The van der Waals surface area contributed by atoms with Crippen LogP contribution in [0.4, 0.5) is 5.00 Å². The molecule has 0 saturated carbocycles. The second kappa shape index (κ2) is 11.4. The largest absolute Gasteiger partial charge is 0.462 e. The molecule has 0 radical (unpaired) electrons. The number of fused-ring (bicyclic) bond motifs is 1. The molecule has 2 amide bonds. The number of carbonyl (C=O) groups excluding carboxylic acids is 3. The number of rotatable bonds is 7. The van der Waals surface area contributed by atoms with Crippen molar-refractivity contribution in [3.05, 3.63) is 87.8 Å². The zero-order valence-corrected chi connectivity index (χ0v) is 22.9. The highest BCUT2D eigenvalue weighted by atomic mass is 32.1. The summed E-state index contributed by atoms with van der Waals surface area (Å²) >= 11 is 1.41. The zero-order valence-electron chi connectivity index (χ0n) is 22.1. The van der Waals surface area contributed by atoms with Crippen LogP contribution in [0.3, 0.4) is 0 Å². The van der Waals surface area contributed by atoms with Gasteiger partial charge in [-0.3, -0.25) is 9.59 Å². The molecule has 0 bridgehead atoms. The van der Waals surface area contributed by atoms with E-state index in [9.17, 15) is 14.4 Å². The summed E-state index contributed by atoms with van der Waals surface area (Å²) < 4.78 is 5.45. The fourth-order valence-electron chi connectivity index (χ4n) is 4.95. The molecule has 1 aliphatic carbocycles. The number of ether oxygens (including phenoxy) is 1. The summed E-state index contributed by atoms with van der Waals surface area (Å²) in [6, 6.07) is 18.8. The molecule has 1 unspecified atom stereocenters. The first-order chi connectivity index (χ1) is 17.7. The number of imide groups is 1. The van der Waals surface area contributed by atoms with Crippen LogP contribution in [0.5, 0.6) is 0 Å². The molecule has 0 aliphatic heterocycles. The van der Waals surface area contributed by atoms with Crippen molar-refractivity contribution in [3.8, 4) is 0 Å². The molecule has 4 rings (SSSR count). The number of hydrogen-bond donors (Lipinski definition) is 0. The summed E-state index contributed by atoms with van der Waals surface area (Å²) in [5.41, 5.74) is 3.08. The third kappa shape index (κ3) is 6.19. The number of esters is 1. The van der Waals surface area contributed by atoms with Crippen LogP contribution >= 0.6 is 11.3 Å². The summed E-state index contributed by atoms with van der Waals surface area (Å²) in [4.78, 5) is 43.2. The topological polar surface area (TPSA) is 63.7 Å². The van der Waals surface area contributed by atoms with Gasteiger partial charge in [-0.1, -0.05) is 81.4 Å². The summed E-state index contributed by atoms with van der Waals surface area (Å²) in [6.07, 6.45) is 2.64. The lowest BCUT2D eigenvalue weighted by Crippen LogP contribution is -2.39. The quantitative estimate of drug-likeness (QED) is 0.339. The maximum atomic E-state index is 13.8. The molecule has 1 atom stereocenters. The lowest BCUT2D eigenvalue weighted by atomic mass is 9.72. The van der Waals surface area contributed by atoms with E-state index in [1.165, 1.54) is 16.2 Å². The lowest BCUT2D eigenvalue weighted by molar-refractivity contribution is -0.125. The van der Waals surface area contributed by atoms with Crippen molar-refractivity contribution in [1.29, 1.82) is 0 Å². The Hall–Kier alpha value is -3.25. The Labute approximate surface area is 223 Å². The first-order valence-electron chi connectivity index (χ1n) is 12.9. The summed E-state index contributed by atoms with van der Waals surface area (Å²) in [5, 5.41) is 0.403. The van der Waals surface area contributed by atoms with Gasteiger partial charge >= 0.3 is 5.97 Å². The van der Waals surface area contributed by atoms with Crippen molar-refractivity contribution >= 4 is 34.1 Å². The lowest BCUT2D eigenvalue weighted by Gasteiger charge is -2.33. The van der Waals surface area contributed by atoms with E-state index in [-0.39, 0.29) is 36.7 Å². The van der Waals surface area contributed by atoms with Crippen molar-refractivity contribution < 1.29 is 19.1 Å². The van der Waals surface area contributed by atoms with E-state index >= 15 is 0 Å². The van der Waals surface area contributed by atoms with Gasteiger partial charge in [-0.25, -0.2) is 9.69 Å². The fourth-order valence-corrected chi connectivity index (χ4v) is 6.40. The van der Waals surface area contributed by atoms with Gasteiger partial charge in [0.1, 0.15) is 5.00 Å². The maximum Gasteiger partial charge on any atom is 0.341 e. The maximum absolute atomic E-state index is 13.8. The first kappa shape index (κ1) is 26.8. The van der Waals surface area contributed by atoms with Crippen LogP contribution < -0.4 is 4.90 Å². The van der Waals surface area contributed by atoms with Crippen molar-refractivity contribution in [2.24, 2.45) is 11.3 Å². The van der Waals surface area contributed by atoms with Crippen LogP contribution in [0.25, 0.3) is 0 Å². The van der Waals surface area contributed by atoms with Crippen molar-refractivity contribution in [1.82, 2.24) is 0 Å². The van der Waals surface area contributed by atoms with Gasteiger partial charge in [0.05, 0.1) is 25.0 Å². The molecule has 194 valence electrons. The van der Waals surface area contributed by atoms with E-state index in [4.69, 9.17) is 4.74 Å². The minimum absolute atomic E-state index is 0.0663. The average Bonchev–Trinajstić information content (AvgIpc) is 3.23.